The molecule has 4 rings (SSSR count). The SMILES string of the molecule is COc1ccc2nc(N3CCOC4(CCOCC4)C3)ccc2c1. The maximum Gasteiger partial charge on any atom is 0.129 e. The zero-order chi connectivity index (χ0) is 15.7. The van der Waals surface area contributed by atoms with E-state index < -0.39 is 0 Å². The summed E-state index contributed by atoms with van der Waals surface area (Å²) in [5.41, 5.74) is 0.934. The van der Waals surface area contributed by atoms with E-state index in [1.165, 1.54) is 0 Å². The van der Waals surface area contributed by atoms with Crippen molar-refractivity contribution in [2.75, 3.05) is 44.9 Å². The Hall–Kier alpha value is -1.85. The first-order valence-electron chi connectivity index (χ1n) is 8.20. The van der Waals surface area contributed by atoms with Crippen LogP contribution in [0.1, 0.15) is 12.8 Å². The maximum atomic E-state index is 6.11. The Kier molecular flexibility index (Phi) is 3.83. The minimum absolute atomic E-state index is 0.0625. The lowest BCUT2D eigenvalue weighted by atomic mass is 9.92. The molecule has 0 unspecified atom stereocenters. The molecule has 5 heteroatoms. The van der Waals surface area contributed by atoms with Crippen LogP contribution in [0.5, 0.6) is 5.75 Å². The highest BCUT2D eigenvalue weighted by Gasteiger charge is 2.38. The van der Waals surface area contributed by atoms with Gasteiger partial charge in [-0.05, 0) is 30.3 Å². The second-order valence-corrected chi connectivity index (χ2v) is 6.29. The van der Waals surface area contributed by atoms with Crippen LogP contribution in [-0.2, 0) is 9.47 Å². The van der Waals surface area contributed by atoms with E-state index in [9.17, 15) is 0 Å². The Balaban J connectivity index is 1.60. The molecule has 0 bridgehead atoms. The topological polar surface area (TPSA) is 43.8 Å². The highest BCUT2D eigenvalue weighted by atomic mass is 16.5. The lowest BCUT2D eigenvalue weighted by Gasteiger charge is -2.45. The minimum atomic E-state index is -0.0625. The molecule has 122 valence electrons. The Morgan fingerprint density at radius 3 is 2.83 bits per heavy atom. The molecule has 0 atom stereocenters. The summed E-state index contributed by atoms with van der Waals surface area (Å²) in [6.45, 7) is 4.11. The number of morpholine rings is 1. The summed E-state index contributed by atoms with van der Waals surface area (Å²) in [6, 6.07) is 10.2. The first kappa shape index (κ1) is 14.7. The molecule has 0 radical (unpaired) electrons. The number of hydrogen-bond acceptors (Lipinski definition) is 5. The van der Waals surface area contributed by atoms with Crippen molar-refractivity contribution in [3.05, 3.63) is 30.3 Å². The third-order valence-electron chi connectivity index (χ3n) is 4.86. The second-order valence-electron chi connectivity index (χ2n) is 6.29. The molecule has 0 aliphatic carbocycles. The van der Waals surface area contributed by atoms with E-state index in [1.54, 1.807) is 7.11 Å². The van der Waals surface area contributed by atoms with Crippen LogP contribution in [-0.4, -0.2) is 50.6 Å². The molecule has 2 fully saturated rings. The number of benzene rings is 1. The number of aromatic nitrogens is 1. The quantitative estimate of drug-likeness (QED) is 0.852. The van der Waals surface area contributed by atoms with Gasteiger partial charge in [-0.15, -0.1) is 0 Å². The van der Waals surface area contributed by atoms with Gasteiger partial charge in [-0.2, -0.15) is 0 Å². The van der Waals surface area contributed by atoms with Crippen LogP contribution in [0, 0.1) is 0 Å². The number of nitrogens with zero attached hydrogens (tertiary/aromatic N) is 2. The lowest BCUT2D eigenvalue weighted by Crippen LogP contribution is -2.54. The van der Waals surface area contributed by atoms with E-state index in [4.69, 9.17) is 19.2 Å². The third-order valence-corrected chi connectivity index (χ3v) is 4.86. The monoisotopic (exact) mass is 314 g/mol. The van der Waals surface area contributed by atoms with E-state index in [2.05, 4.69) is 17.0 Å². The summed E-state index contributed by atoms with van der Waals surface area (Å²) in [5, 5.41) is 1.10. The minimum Gasteiger partial charge on any atom is -0.497 e. The van der Waals surface area contributed by atoms with Crippen LogP contribution in [0.4, 0.5) is 5.82 Å². The Labute approximate surface area is 136 Å². The number of fused-ring (bicyclic) bond motifs is 1. The van der Waals surface area contributed by atoms with Gasteiger partial charge in [0.05, 0.1) is 24.8 Å². The van der Waals surface area contributed by atoms with Gasteiger partial charge in [0.2, 0.25) is 0 Å². The summed E-state index contributed by atoms with van der Waals surface area (Å²) in [4.78, 5) is 7.18. The van der Waals surface area contributed by atoms with Crippen molar-refractivity contribution in [2.24, 2.45) is 0 Å². The zero-order valence-electron chi connectivity index (χ0n) is 13.5. The van der Waals surface area contributed by atoms with Crippen LogP contribution >= 0.6 is 0 Å². The van der Waals surface area contributed by atoms with Crippen LogP contribution in [0.3, 0.4) is 0 Å². The molecule has 5 nitrogen and oxygen atoms in total. The number of hydrogen-bond donors (Lipinski definition) is 0. The average Bonchev–Trinajstić information content (AvgIpc) is 2.61. The van der Waals surface area contributed by atoms with E-state index >= 15 is 0 Å². The van der Waals surface area contributed by atoms with Gasteiger partial charge in [-0.25, -0.2) is 4.98 Å². The second kappa shape index (κ2) is 5.98. The lowest BCUT2D eigenvalue weighted by molar-refractivity contribution is -0.116. The highest BCUT2D eigenvalue weighted by Crippen LogP contribution is 2.31. The number of pyridine rings is 1. The maximum absolute atomic E-state index is 6.11. The molecule has 23 heavy (non-hydrogen) atoms. The normalized spacial score (nSPS) is 20.8. The molecule has 2 saturated heterocycles. The number of rotatable bonds is 2. The molecule has 0 saturated carbocycles. The first-order chi connectivity index (χ1) is 11.3. The van der Waals surface area contributed by atoms with E-state index in [0.717, 1.165) is 68.2 Å². The predicted molar refractivity (Wildman–Crippen MR) is 89.2 cm³/mol. The molecule has 1 spiro atoms. The average molecular weight is 314 g/mol. The standard InChI is InChI=1S/C18H22N2O3/c1-21-15-3-4-16-14(12-15)2-5-17(19-16)20-8-11-23-18(13-20)6-9-22-10-7-18/h2-5,12H,6-11,13H2,1H3. The van der Waals surface area contributed by atoms with Gasteiger partial charge >= 0.3 is 0 Å². The smallest absolute Gasteiger partial charge is 0.129 e. The first-order valence-corrected chi connectivity index (χ1v) is 8.20. The van der Waals surface area contributed by atoms with Crippen LogP contribution in [0.25, 0.3) is 10.9 Å². The zero-order valence-corrected chi connectivity index (χ0v) is 13.5. The van der Waals surface area contributed by atoms with Crippen LogP contribution < -0.4 is 9.64 Å². The number of anilines is 1. The summed E-state index contributed by atoms with van der Waals surface area (Å²) < 4.78 is 16.9. The summed E-state index contributed by atoms with van der Waals surface area (Å²) in [6.07, 6.45) is 1.93. The molecule has 0 N–H and O–H groups in total. The van der Waals surface area contributed by atoms with E-state index in [-0.39, 0.29) is 5.60 Å². The fourth-order valence-corrected chi connectivity index (χ4v) is 3.48. The molecular formula is C18H22N2O3. The van der Waals surface area contributed by atoms with Crippen molar-refractivity contribution in [1.82, 2.24) is 4.98 Å². The Morgan fingerprint density at radius 2 is 2.00 bits per heavy atom. The van der Waals surface area contributed by atoms with Gasteiger partial charge in [-0.1, -0.05) is 0 Å². The Bertz CT molecular complexity index is 692. The van der Waals surface area contributed by atoms with Gasteiger partial charge in [0.15, 0.2) is 0 Å². The summed E-state index contributed by atoms with van der Waals surface area (Å²) >= 11 is 0. The van der Waals surface area contributed by atoms with Crippen molar-refractivity contribution in [3.63, 3.8) is 0 Å². The van der Waals surface area contributed by atoms with E-state index in [0.29, 0.717) is 0 Å². The molecule has 1 aromatic heterocycles. The van der Waals surface area contributed by atoms with Crippen LogP contribution in [0.2, 0.25) is 0 Å². The predicted octanol–water partition coefficient (Wildman–Crippen LogP) is 2.63. The molecule has 3 heterocycles. The van der Waals surface area contributed by atoms with Gasteiger partial charge in [-0.3, -0.25) is 0 Å². The van der Waals surface area contributed by atoms with Crippen molar-refractivity contribution >= 4 is 16.7 Å². The van der Waals surface area contributed by atoms with Gasteiger partial charge < -0.3 is 19.1 Å². The van der Waals surface area contributed by atoms with Crippen molar-refractivity contribution in [2.45, 2.75) is 18.4 Å². The Morgan fingerprint density at radius 1 is 1.13 bits per heavy atom. The molecule has 1 aromatic carbocycles. The highest BCUT2D eigenvalue weighted by molar-refractivity contribution is 5.81. The number of ether oxygens (including phenoxy) is 3. The van der Waals surface area contributed by atoms with Crippen LogP contribution in [0.15, 0.2) is 30.3 Å². The summed E-state index contributed by atoms with van der Waals surface area (Å²) in [7, 11) is 1.68. The molecule has 2 aromatic rings. The van der Waals surface area contributed by atoms with Crippen molar-refractivity contribution in [3.8, 4) is 5.75 Å². The van der Waals surface area contributed by atoms with Gasteiger partial charge in [0, 0.05) is 44.5 Å². The van der Waals surface area contributed by atoms with Crippen molar-refractivity contribution < 1.29 is 14.2 Å². The number of methoxy groups -OCH3 is 1. The third kappa shape index (κ3) is 2.86. The fourth-order valence-electron chi connectivity index (χ4n) is 3.48. The summed E-state index contributed by atoms with van der Waals surface area (Å²) in [5.74, 6) is 1.89. The molecule has 2 aliphatic rings. The van der Waals surface area contributed by atoms with Gasteiger partial charge in [0.1, 0.15) is 11.6 Å². The molecular weight excluding hydrogens is 292 g/mol. The molecule has 2 aliphatic heterocycles. The van der Waals surface area contributed by atoms with Gasteiger partial charge in [0.25, 0.3) is 0 Å². The van der Waals surface area contributed by atoms with Crippen molar-refractivity contribution in [1.29, 1.82) is 0 Å². The fraction of sp³-hybridized carbons (Fsp3) is 0.500. The molecule has 0 amide bonds. The van der Waals surface area contributed by atoms with E-state index in [1.807, 2.05) is 18.2 Å². The largest absolute Gasteiger partial charge is 0.497 e.